The molecule has 0 heterocycles. The van der Waals surface area contributed by atoms with E-state index in [1.807, 2.05) is 6.92 Å². The molecule has 5 nitrogen and oxygen atoms in total. The Labute approximate surface area is 108 Å². The molecule has 6 heteroatoms. The van der Waals surface area contributed by atoms with Crippen LogP contribution in [0.25, 0.3) is 0 Å². The van der Waals surface area contributed by atoms with E-state index in [2.05, 4.69) is 0 Å². The lowest BCUT2D eigenvalue weighted by Crippen LogP contribution is -2.29. The van der Waals surface area contributed by atoms with Crippen LogP contribution >= 0.6 is 0 Å². The minimum absolute atomic E-state index is 0.0203. The highest BCUT2D eigenvalue weighted by Crippen LogP contribution is 2.31. The number of rotatable bonds is 3. The van der Waals surface area contributed by atoms with Gasteiger partial charge in [-0.05, 0) is 30.9 Å². The van der Waals surface area contributed by atoms with Crippen LogP contribution in [0.15, 0.2) is 29.2 Å². The van der Waals surface area contributed by atoms with Crippen molar-refractivity contribution in [2.45, 2.75) is 36.0 Å². The SMILES string of the molecule is CC1C(N)CCC1S(=O)c1ccc([N+](=O)[O-])cc1. The Morgan fingerprint density at radius 1 is 1.33 bits per heavy atom. The van der Waals surface area contributed by atoms with Gasteiger partial charge in [-0.3, -0.25) is 14.3 Å². The van der Waals surface area contributed by atoms with E-state index in [0.717, 1.165) is 12.8 Å². The van der Waals surface area contributed by atoms with Crippen molar-refractivity contribution in [2.24, 2.45) is 11.7 Å². The van der Waals surface area contributed by atoms with Gasteiger partial charge in [-0.25, -0.2) is 0 Å². The molecule has 0 amide bonds. The number of nitro benzene ring substituents is 1. The zero-order valence-electron chi connectivity index (χ0n) is 10.1. The number of hydrogen-bond donors (Lipinski definition) is 1. The summed E-state index contributed by atoms with van der Waals surface area (Å²) in [6, 6.07) is 6.05. The first-order valence-corrected chi connectivity index (χ1v) is 7.12. The number of nitrogens with zero attached hydrogens (tertiary/aromatic N) is 1. The van der Waals surface area contributed by atoms with E-state index in [-0.39, 0.29) is 22.9 Å². The maximum Gasteiger partial charge on any atom is 0.269 e. The molecule has 18 heavy (non-hydrogen) atoms. The van der Waals surface area contributed by atoms with Crippen LogP contribution < -0.4 is 5.73 Å². The van der Waals surface area contributed by atoms with E-state index >= 15 is 0 Å². The average Bonchev–Trinajstić information content (AvgIpc) is 2.69. The Balaban J connectivity index is 2.16. The van der Waals surface area contributed by atoms with Crippen LogP contribution in [-0.4, -0.2) is 20.4 Å². The van der Waals surface area contributed by atoms with Crippen molar-refractivity contribution in [3.8, 4) is 0 Å². The Hall–Kier alpha value is -1.27. The van der Waals surface area contributed by atoms with Gasteiger partial charge >= 0.3 is 0 Å². The molecule has 2 rings (SSSR count). The molecule has 0 radical (unpaired) electrons. The molecule has 1 aliphatic carbocycles. The first-order chi connectivity index (χ1) is 8.50. The lowest BCUT2D eigenvalue weighted by Gasteiger charge is -2.17. The normalized spacial score (nSPS) is 29.1. The first-order valence-electron chi connectivity index (χ1n) is 5.91. The molecule has 1 saturated carbocycles. The summed E-state index contributed by atoms with van der Waals surface area (Å²) in [7, 11) is -1.13. The fraction of sp³-hybridized carbons (Fsp3) is 0.500. The smallest absolute Gasteiger partial charge is 0.269 e. The summed E-state index contributed by atoms with van der Waals surface area (Å²) in [5, 5.41) is 10.6. The summed E-state index contributed by atoms with van der Waals surface area (Å²) in [5.41, 5.74) is 5.94. The molecule has 0 spiro atoms. The van der Waals surface area contributed by atoms with E-state index in [1.165, 1.54) is 12.1 Å². The third kappa shape index (κ3) is 2.44. The van der Waals surface area contributed by atoms with Crippen LogP contribution in [0.1, 0.15) is 19.8 Å². The molecule has 1 aromatic rings. The molecule has 0 saturated heterocycles. The second kappa shape index (κ2) is 5.16. The number of hydrogen-bond acceptors (Lipinski definition) is 4. The number of benzene rings is 1. The van der Waals surface area contributed by atoms with Crippen molar-refractivity contribution in [1.29, 1.82) is 0 Å². The average molecular weight is 268 g/mol. The van der Waals surface area contributed by atoms with Crippen LogP contribution in [0.4, 0.5) is 5.69 Å². The standard InChI is InChI=1S/C12H16N2O3S/c1-8-11(13)6-7-12(8)18(17)10-4-2-9(3-5-10)14(15)16/h2-5,8,11-12H,6-7,13H2,1H3. The molecule has 4 atom stereocenters. The van der Waals surface area contributed by atoms with Crippen LogP contribution in [0, 0.1) is 16.0 Å². The van der Waals surface area contributed by atoms with Crippen molar-refractivity contribution in [3.63, 3.8) is 0 Å². The predicted molar refractivity (Wildman–Crippen MR) is 69.7 cm³/mol. The van der Waals surface area contributed by atoms with Gasteiger partial charge in [0.25, 0.3) is 5.69 Å². The van der Waals surface area contributed by atoms with Gasteiger partial charge in [-0.15, -0.1) is 0 Å². The van der Waals surface area contributed by atoms with Gasteiger partial charge < -0.3 is 5.73 Å². The Morgan fingerprint density at radius 2 is 1.94 bits per heavy atom. The highest BCUT2D eigenvalue weighted by atomic mass is 32.2. The van der Waals surface area contributed by atoms with Gasteiger partial charge in [0.05, 0.1) is 15.7 Å². The van der Waals surface area contributed by atoms with Crippen LogP contribution in [0.3, 0.4) is 0 Å². The highest BCUT2D eigenvalue weighted by molar-refractivity contribution is 7.85. The second-order valence-corrected chi connectivity index (χ2v) is 6.36. The third-order valence-electron chi connectivity index (χ3n) is 3.60. The van der Waals surface area contributed by atoms with Crippen molar-refractivity contribution in [3.05, 3.63) is 34.4 Å². The van der Waals surface area contributed by atoms with Crippen LogP contribution in [0.2, 0.25) is 0 Å². The molecule has 1 aliphatic rings. The summed E-state index contributed by atoms with van der Waals surface area (Å²) in [4.78, 5) is 10.7. The molecule has 98 valence electrons. The molecular weight excluding hydrogens is 252 g/mol. The number of non-ortho nitro benzene ring substituents is 1. The first kappa shape index (κ1) is 13.2. The Bertz CT molecular complexity index is 475. The quantitative estimate of drug-likeness (QED) is 0.669. The Kier molecular flexibility index (Phi) is 3.77. The van der Waals surface area contributed by atoms with Crippen molar-refractivity contribution in [2.75, 3.05) is 0 Å². The van der Waals surface area contributed by atoms with E-state index in [0.29, 0.717) is 4.90 Å². The summed E-state index contributed by atoms with van der Waals surface area (Å²) < 4.78 is 12.4. The van der Waals surface area contributed by atoms with Crippen molar-refractivity contribution in [1.82, 2.24) is 0 Å². The van der Waals surface area contributed by atoms with Crippen molar-refractivity contribution >= 4 is 16.5 Å². The zero-order chi connectivity index (χ0) is 13.3. The number of nitrogens with two attached hydrogens (primary N) is 1. The zero-order valence-corrected chi connectivity index (χ0v) is 10.9. The summed E-state index contributed by atoms with van der Waals surface area (Å²) in [5.74, 6) is 0.223. The van der Waals surface area contributed by atoms with Gasteiger partial charge in [-0.2, -0.15) is 0 Å². The second-order valence-electron chi connectivity index (χ2n) is 4.69. The molecule has 0 bridgehead atoms. The monoisotopic (exact) mass is 268 g/mol. The summed E-state index contributed by atoms with van der Waals surface area (Å²) >= 11 is 0. The van der Waals surface area contributed by atoms with Gasteiger partial charge in [0.2, 0.25) is 0 Å². The van der Waals surface area contributed by atoms with E-state index < -0.39 is 15.7 Å². The highest BCUT2D eigenvalue weighted by Gasteiger charge is 2.34. The van der Waals surface area contributed by atoms with E-state index in [1.54, 1.807) is 12.1 Å². The maximum absolute atomic E-state index is 12.4. The van der Waals surface area contributed by atoms with Crippen LogP contribution in [-0.2, 0) is 10.8 Å². The van der Waals surface area contributed by atoms with Gasteiger partial charge in [0.1, 0.15) is 0 Å². The largest absolute Gasteiger partial charge is 0.327 e. The third-order valence-corrected chi connectivity index (χ3v) is 5.55. The molecule has 1 aromatic carbocycles. The minimum atomic E-state index is -1.13. The van der Waals surface area contributed by atoms with Gasteiger partial charge in [0.15, 0.2) is 0 Å². The summed E-state index contributed by atoms with van der Waals surface area (Å²) in [6.07, 6.45) is 1.75. The lowest BCUT2D eigenvalue weighted by molar-refractivity contribution is -0.384. The number of nitro groups is 1. The van der Waals surface area contributed by atoms with Crippen LogP contribution in [0.5, 0.6) is 0 Å². The topological polar surface area (TPSA) is 86.2 Å². The van der Waals surface area contributed by atoms with Crippen molar-refractivity contribution < 1.29 is 9.13 Å². The van der Waals surface area contributed by atoms with Gasteiger partial charge in [0, 0.05) is 28.3 Å². The van der Waals surface area contributed by atoms with Gasteiger partial charge in [-0.1, -0.05) is 6.92 Å². The minimum Gasteiger partial charge on any atom is -0.327 e. The molecule has 1 fully saturated rings. The Morgan fingerprint density at radius 3 is 2.39 bits per heavy atom. The molecule has 0 aromatic heterocycles. The van der Waals surface area contributed by atoms with E-state index in [9.17, 15) is 14.3 Å². The lowest BCUT2D eigenvalue weighted by atomic mass is 10.1. The summed E-state index contributed by atoms with van der Waals surface area (Å²) in [6.45, 7) is 2.02. The maximum atomic E-state index is 12.4. The molecule has 0 aliphatic heterocycles. The fourth-order valence-electron chi connectivity index (χ4n) is 2.34. The molecular formula is C12H16N2O3S. The predicted octanol–water partition coefficient (Wildman–Crippen LogP) is 1.83. The van der Waals surface area contributed by atoms with E-state index in [4.69, 9.17) is 5.73 Å². The molecule has 2 N–H and O–H groups in total. The fourth-order valence-corrected chi connectivity index (χ4v) is 4.03. The molecule has 4 unspecified atom stereocenters.